The van der Waals surface area contributed by atoms with Crippen LogP contribution in [0.2, 0.25) is 0 Å². The van der Waals surface area contributed by atoms with Gasteiger partial charge in [0.2, 0.25) is 0 Å². The van der Waals surface area contributed by atoms with Gasteiger partial charge in [-0.25, -0.2) is 4.98 Å². The van der Waals surface area contributed by atoms with Gasteiger partial charge in [-0.15, -0.1) is 0 Å². The molecule has 0 fully saturated rings. The predicted octanol–water partition coefficient (Wildman–Crippen LogP) is 4.20. The van der Waals surface area contributed by atoms with Crippen molar-refractivity contribution in [3.8, 4) is 11.3 Å². The summed E-state index contributed by atoms with van der Waals surface area (Å²) in [5.41, 5.74) is 5.05. The first kappa shape index (κ1) is 15.8. The van der Waals surface area contributed by atoms with Crippen molar-refractivity contribution in [1.29, 1.82) is 0 Å². The van der Waals surface area contributed by atoms with E-state index in [2.05, 4.69) is 64.0 Å². The molecule has 0 radical (unpaired) electrons. The van der Waals surface area contributed by atoms with Crippen LogP contribution in [0.25, 0.3) is 11.3 Å². The van der Waals surface area contributed by atoms with Crippen molar-refractivity contribution in [3.05, 3.63) is 40.9 Å². The molecular weight excluding hydrogens is 260 g/mol. The Hall–Kier alpha value is -1.61. The Morgan fingerprint density at radius 3 is 2.29 bits per heavy atom. The number of nitrogens with one attached hydrogen (secondary N) is 1. The van der Waals surface area contributed by atoms with Crippen molar-refractivity contribution in [1.82, 2.24) is 10.3 Å². The van der Waals surface area contributed by atoms with Gasteiger partial charge in [-0.2, -0.15) is 0 Å². The average molecular weight is 286 g/mol. The van der Waals surface area contributed by atoms with Gasteiger partial charge in [0.25, 0.3) is 0 Å². The molecule has 0 aliphatic heterocycles. The molecule has 0 saturated carbocycles. The van der Waals surface area contributed by atoms with Crippen LogP contribution in [-0.2, 0) is 6.42 Å². The van der Waals surface area contributed by atoms with Crippen molar-refractivity contribution in [2.75, 3.05) is 6.54 Å². The number of hydrogen-bond donors (Lipinski definition) is 1. The van der Waals surface area contributed by atoms with Crippen LogP contribution in [0.5, 0.6) is 0 Å². The third-order valence-corrected chi connectivity index (χ3v) is 3.47. The first-order valence-corrected chi connectivity index (χ1v) is 7.54. The van der Waals surface area contributed by atoms with Gasteiger partial charge in [-0.05, 0) is 52.7 Å². The van der Waals surface area contributed by atoms with Gasteiger partial charge >= 0.3 is 0 Å². The Morgan fingerprint density at radius 2 is 1.71 bits per heavy atom. The molecule has 1 N–H and O–H groups in total. The molecular formula is C18H26N2O. The second kappa shape index (κ2) is 6.02. The third kappa shape index (κ3) is 4.18. The molecule has 3 nitrogen and oxygen atoms in total. The highest BCUT2D eigenvalue weighted by molar-refractivity contribution is 5.66. The molecule has 0 aliphatic carbocycles. The Morgan fingerprint density at radius 1 is 1.10 bits per heavy atom. The summed E-state index contributed by atoms with van der Waals surface area (Å²) in [5.74, 6) is 1.66. The van der Waals surface area contributed by atoms with Gasteiger partial charge in [0.15, 0.2) is 11.7 Å². The van der Waals surface area contributed by atoms with E-state index < -0.39 is 0 Å². The Balaban J connectivity index is 2.13. The number of nitrogens with zero attached hydrogens (tertiary/aromatic N) is 1. The summed E-state index contributed by atoms with van der Waals surface area (Å²) in [7, 11) is 0. The van der Waals surface area contributed by atoms with Crippen LogP contribution in [0.1, 0.15) is 43.4 Å². The first-order chi connectivity index (χ1) is 9.76. The van der Waals surface area contributed by atoms with Crippen LogP contribution in [0.4, 0.5) is 0 Å². The molecule has 3 heteroatoms. The lowest BCUT2D eigenvalue weighted by atomic mass is 9.98. The van der Waals surface area contributed by atoms with E-state index in [4.69, 9.17) is 4.42 Å². The topological polar surface area (TPSA) is 38.1 Å². The summed E-state index contributed by atoms with van der Waals surface area (Å²) in [6.45, 7) is 13.7. The van der Waals surface area contributed by atoms with Crippen molar-refractivity contribution in [2.24, 2.45) is 0 Å². The number of aromatic nitrogens is 1. The van der Waals surface area contributed by atoms with E-state index in [1.807, 2.05) is 6.20 Å². The maximum Gasteiger partial charge on any atom is 0.196 e. The SMILES string of the molecule is Cc1cc(C)c(-c2cnc(CCNC(C)(C)C)o2)c(C)c1. The molecule has 0 atom stereocenters. The molecule has 2 aromatic rings. The number of benzene rings is 1. The average Bonchev–Trinajstić information content (AvgIpc) is 2.74. The molecule has 114 valence electrons. The molecule has 1 aromatic carbocycles. The van der Waals surface area contributed by atoms with E-state index in [9.17, 15) is 0 Å². The minimum absolute atomic E-state index is 0.125. The molecule has 0 saturated heterocycles. The quantitative estimate of drug-likeness (QED) is 0.915. The van der Waals surface area contributed by atoms with Gasteiger partial charge in [-0.1, -0.05) is 17.7 Å². The number of hydrogen-bond acceptors (Lipinski definition) is 3. The molecule has 1 aromatic heterocycles. The summed E-state index contributed by atoms with van der Waals surface area (Å²) < 4.78 is 5.93. The summed E-state index contributed by atoms with van der Waals surface area (Å²) in [4.78, 5) is 4.41. The van der Waals surface area contributed by atoms with E-state index in [-0.39, 0.29) is 5.54 Å². The van der Waals surface area contributed by atoms with E-state index in [1.54, 1.807) is 0 Å². The molecule has 0 spiro atoms. The highest BCUT2D eigenvalue weighted by atomic mass is 16.4. The molecule has 0 amide bonds. The van der Waals surface area contributed by atoms with Gasteiger partial charge in [-0.3, -0.25) is 0 Å². The molecule has 1 heterocycles. The van der Waals surface area contributed by atoms with Crippen LogP contribution in [0.3, 0.4) is 0 Å². The normalized spacial score (nSPS) is 11.9. The summed E-state index contributed by atoms with van der Waals surface area (Å²) in [6.07, 6.45) is 2.65. The van der Waals surface area contributed by atoms with Crippen LogP contribution >= 0.6 is 0 Å². The molecule has 0 aliphatic rings. The summed E-state index contributed by atoms with van der Waals surface area (Å²) in [6, 6.07) is 4.37. The van der Waals surface area contributed by atoms with E-state index in [1.165, 1.54) is 22.3 Å². The second-order valence-electron chi connectivity index (χ2n) is 6.82. The van der Waals surface area contributed by atoms with Crippen molar-refractivity contribution >= 4 is 0 Å². The third-order valence-electron chi connectivity index (χ3n) is 3.47. The summed E-state index contributed by atoms with van der Waals surface area (Å²) in [5, 5.41) is 3.45. The fraction of sp³-hybridized carbons (Fsp3) is 0.500. The smallest absolute Gasteiger partial charge is 0.196 e. The lowest BCUT2D eigenvalue weighted by molar-refractivity contribution is 0.411. The van der Waals surface area contributed by atoms with Gasteiger partial charge < -0.3 is 9.73 Å². The van der Waals surface area contributed by atoms with Gasteiger partial charge in [0, 0.05) is 24.1 Å². The van der Waals surface area contributed by atoms with E-state index in [0.29, 0.717) is 0 Å². The number of oxazole rings is 1. The lowest BCUT2D eigenvalue weighted by Gasteiger charge is -2.19. The van der Waals surface area contributed by atoms with E-state index >= 15 is 0 Å². The highest BCUT2D eigenvalue weighted by Crippen LogP contribution is 2.28. The number of aryl methyl sites for hydroxylation is 3. The fourth-order valence-corrected chi connectivity index (χ4v) is 2.65. The molecule has 0 bridgehead atoms. The fourth-order valence-electron chi connectivity index (χ4n) is 2.65. The molecule has 0 unspecified atom stereocenters. The van der Waals surface area contributed by atoms with Crippen molar-refractivity contribution in [3.63, 3.8) is 0 Å². The predicted molar refractivity (Wildman–Crippen MR) is 87.6 cm³/mol. The Kier molecular flexibility index (Phi) is 4.52. The Labute approximate surface area is 127 Å². The minimum Gasteiger partial charge on any atom is -0.441 e. The zero-order valence-electron chi connectivity index (χ0n) is 14.0. The maximum atomic E-state index is 5.93. The highest BCUT2D eigenvalue weighted by Gasteiger charge is 2.13. The molecule has 21 heavy (non-hydrogen) atoms. The Bertz CT molecular complexity index is 597. The van der Waals surface area contributed by atoms with Crippen molar-refractivity contribution in [2.45, 2.75) is 53.5 Å². The van der Waals surface area contributed by atoms with Crippen LogP contribution in [0, 0.1) is 20.8 Å². The van der Waals surface area contributed by atoms with Crippen LogP contribution in [-0.4, -0.2) is 17.1 Å². The first-order valence-electron chi connectivity index (χ1n) is 7.54. The zero-order valence-corrected chi connectivity index (χ0v) is 14.0. The second-order valence-corrected chi connectivity index (χ2v) is 6.82. The van der Waals surface area contributed by atoms with E-state index in [0.717, 1.165) is 24.6 Å². The lowest BCUT2D eigenvalue weighted by Crippen LogP contribution is -2.37. The van der Waals surface area contributed by atoms with Crippen LogP contribution < -0.4 is 5.32 Å². The van der Waals surface area contributed by atoms with Crippen molar-refractivity contribution < 1.29 is 4.42 Å². The van der Waals surface area contributed by atoms with Gasteiger partial charge in [0.1, 0.15) is 0 Å². The maximum absolute atomic E-state index is 5.93. The largest absolute Gasteiger partial charge is 0.441 e. The van der Waals surface area contributed by atoms with Gasteiger partial charge in [0.05, 0.1) is 6.20 Å². The minimum atomic E-state index is 0.125. The molecule has 2 rings (SSSR count). The summed E-state index contributed by atoms with van der Waals surface area (Å²) >= 11 is 0. The monoisotopic (exact) mass is 286 g/mol. The zero-order chi connectivity index (χ0) is 15.6. The number of rotatable bonds is 4. The van der Waals surface area contributed by atoms with Crippen LogP contribution in [0.15, 0.2) is 22.7 Å². The standard InChI is InChI=1S/C18H26N2O/c1-12-9-13(2)17(14(3)10-12)15-11-19-16(21-15)7-8-20-18(4,5)6/h9-11,20H,7-8H2,1-6H3.